The van der Waals surface area contributed by atoms with E-state index in [-0.39, 0.29) is 5.57 Å². The van der Waals surface area contributed by atoms with Crippen LogP contribution >= 0.6 is 22.7 Å². The summed E-state index contributed by atoms with van der Waals surface area (Å²) in [7, 11) is 0. The third kappa shape index (κ3) is 4.82. The smallest absolute Gasteiger partial charge is 0.137 e. The van der Waals surface area contributed by atoms with Crippen molar-refractivity contribution in [2.45, 2.75) is 6.42 Å². The van der Waals surface area contributed by atoms with Crippen molar-refractivity contribution >= 4 is 34.8 Å². The standard InChI is InChI=1S/C33H20N2OS2/c34-20-26(21-35)25-17-27(9-11-29-5-3-15-37-29)36-28(18-25)10-12-30-13-14-33(38-30)24-8-7-23-16-22-4-1-2-6-31(22)32(23)19-24/h1-15,17-19H,16H2. The van der Waals surface area contributed by atoms with Crippen molar-refractivity contribution in [3.8, 4) is 33.7 Å². The van der Waals surface area contributed by atoms with Crippen molar-refractivity contribution in [2.24, 2.45) is 0 Å². The minimum absolute atomic E-state index is 0.0535. The van der Waals surface area contributed by atoms with E-state index in [4.69, 9.17) is 4.74 Å². The lowest BCUT2D eigenvalue weighted by molar-refractivity contribution is 0.332. The highest BCUT2D eigenvalue weighted by Gasteiger charge is 2.18. The van der Waals surface area contributed by atoms with Crippen LogP contribution in [0.15, 0.2) is 119 Å². The largest absolute Gasteiger partial charge is 0.457 e. The lowest BCUT2D eigenvalue weighted by atomic mass is 10.0. The van der Waals surface area contributed by atoms with Gasteiger partial charge in [-0.3, -0.25) is 0 Å². The molecule has 2 aliphatic rings. The number of thiophene rings is 2. The summed E-state index contributed by atoms with van der Waals surface area (Å²) < 4.78 is 6.06. The minimum atomic E-state index is 0.0535. The maximum absolute atomic E-state index is 9.40. The van der Waals surface area contributed by atoms with E-state index in [0.717, 1.165) is 16.2 Å². The molecule has 38 heavy (non-hydrogen) atoms. The Morgan fingerprint density at radius 3 is 2.29 bits per heavy atom. The zero-order valence-electron chi connectivity index (χ0n) is 20.2. The predicted octanol–water partition coefficient (Wildman–Crippen LogP) is 8.92. The lowest BCUT2D eigenvalue weighted by Crippen LogP contribution is -1.98. The average molecular weight is 525 g/mol. The van der Waals surface area contributed by atoms with Gasteiger partial charge in [-0.1, -0.05) is 42.5 Å². The van der Waals surface area contributed by atoms with E-state index in [1.807, 2.05) is 54.0 Å². The van der Waals surface area contributed by atoms with Crippen LogP contribution in [0.4, 0.5) is 0 Å². The highest BCUT2D eigenvalue weighted by atomic mass is 32.1. The zero-order valence-corrected chi connectivity index (χ0v) is 21.9. The van der Waals surface area contributed by atoms with E-state index >= 15 is 0 Å². The average Bonchev–Trinajstić information content (AvgIpc) is 3.71. The Labute approximate surface area is 229 Å². The number of nitrogens with zero attached hydrogens (tertiary/aromatic N) is 2. The Balaban J connectivity index is 1.25. The molecule has 3 heterocycles. The molecule has 1 aliphatic carbocycles. The number of hydrogen-bond donors (Lipinski definition) is 0. The molecule has 3 nitrogen and oxygen atoms in total. The van der Waals surface area contributed by atoms with E-state index in [1.165, 1.54) is 32.7 Å². The molecular weight excluding hydrogens is 505 g/mol. The Morgan fingerprint density at radius 1 is 0.763 bits per heavy atom. The topological polar surface area (TPSA) is 56.8 Å². The maximum atomic E-state index is 9.40. The highest BCUT2D eigenvalue weighted by molar-refractivity contribution is 7.16. The minimum Gasteiger partial charge on any atom is -0.457 e. The second-order valence-corrected chi connectivity index (χ2v) is 10.9. The van der Waals surface area contributed by atoms with Crippen molar-refractivity contribution in [3.63, 3.8) is 0 Å². The molecule has 0 saturated carbocycles. The summed E-state index contributed by atoms with van der Waals surface area (Å²) in [5, 5.41) is 20.8. The summed E-state index contributed by atoms with van der Waals surface area (Å²) in [5.41, 5.74) is 7.22. The Hall–Kier alpha value is -4.68. The fraction of sp³-hybridized carbons (Fsp3) is 0.0303. The molecule has 6 rings (SSSR count). The van der Waals surface area contributed by atoms with E-state index in [1.54, 1.807) is 34.8 Å². The predicted molar refractivity (Wildman–Crippen MR) is 156 cm³/mol. The van der Waals surface area contributed by atoms with Crippen LogP contribution in [0.25, 0.3) is 33.7 Å². The van der Waals surface area contributed by atoms with Gasteiger partial charge in [0, 0.05) is 20.2 Å². The normalized spacial score (nSPS) is 13.9. The first kappa shape index (κ1) is 23.7. The molecule has 0 fully saturated rings. The molecule has 0 spiro atoms. The molecule has 0 atom stereocenters. The number of allylic oxidation sites excluding steroid dienone is 6. The summed E-state index contributed by atoms with van der Waals surface area (Å²) >= 11 is 3.34. The maximum Gasteiger partial charge on any atom is 0.137 e. The molecule has 0 unspecified atom stereocenters. The van der Waals surface area contributed by atoms with E-state index < -0.39 is 0 Å². The van der Waals surface area contributed by atoms with Crippen LogP contribution in [0.2, 0.25) is 0 Å². The molecule has 5 heteroatoms. The van der Waals surface area contributed by atoms with E-state index in [0.29, 0.717) is 17.1 Å². The van der Waals surface area contributed by atoms with Crippen LogP contribution in [0.3, 0.4) is 0 Å². The third-order valence-corrected chi connectivity index (χ3v) is 8.36. The SMILES string of the molecule is N#CC(C#N)=C1C=C(C=Cc2cccs2)OC(C=Cc2ccc(-c3ccc4c(c3)-c3ccccc3C4)s2)=C1. The number of fused-ring (bicyclic) bond motifs is 3. The number of ether oxygens (including phenoxy) is 1. The Bertz CT molecular complexity index is 1760. The summed E-state index contributed by atoms with van der Waals surface area (Å²) in [4.78, 5) is 3.38. The molecule has 180 valence electrons. The van der Waals surface area contributed by atoms with Crippen LogP contribution in [-0.4, -0.2) is 0 Å². The van der Waals surface area contributed by atoms with Gasteiger partial charge in [0.2, 0.25) is 0 Å². The first-order valence-electron chi connectivity index (χ1n) is 12.1. The van der Waals surface area contributed by atoms with Gasteiger partial charge >= 0.3 is 0 Å². The fourth-order valence-corrected chi connectivity index (χ4v) is 6.12. The lowest BCUT2D eigenvalue weighted by Gasteiger charge is -2.13. The molecule has 0 amide bonds. The van der Waals surface area contributed by atoms with Crippen LogP contribution in [0.1, 0.15) is 20.9 Å². The van der Waals surface area contributed by atoms with Crippen LogP contribution in [0, 0.1) is 22.7 Å². The van der Waals surface area contributed by atoms with Crippen molar-refractivity contribution in [1.29, 1.82) is 10.5 Å². The molecule has 0 bridgehead atoms. The number of hydrogen-bond acceptors (Lipinski definition) is 5. The van der Waals surface area contributed by atoms with Gasteiger partial charge in [-0.05, 0) is 100 Å². The number of benzene rings is 2. The first-order valence-corrected chi connectivity index (χ1v) is 13.8. The van der Waals surface area contributed by atoms with Crippen LogP contribution in [0.5, 0.6) is 0 Å². The van der Waals surface area contributed by atoms with Gasteiger partial charge in [-0.25, -0.2) is 0 Å². The van der Waals surface area contributed by atoms with Gasteiger partial charge < -0.3 is 4.74 Å². The monoisotopic (exact) mass is 524 g/mol. The highest BCUT2D eigenvalue weighted by Crippen LogP contribution is 2.40. The van der Waals surface area contributed by atoms with Gasteiger partial charge in [0.15, 0.2) is 0 Å². The number of rotatable bonds is 5. The third-order valence-electron chi connectivity index (χ3n) is 6.42. The van der Waals surface area contributed by atoms with Gasteiger partial charge in [-0.2, -0.15) is 10.5 Å². The van der Waals surface area contributed by atoms with Gasteiger partial charge in [0.25, 0.3) is 0 Å². The molecule has 0 radical (unpaired) electrons. The van der Waals surface area contributed by atoms with Gasteiger partial charge in [-0.15, -0.1) is 22.7 Å². The molecule has 2 aromatic carbocycles. The summed E-state index contributed by atoms with van der Waals surface area (Å²) in [5.74, 6) is 1.14. The molecule has 4 aromatic rings. The van der Waals surface area contributed by atoms with Crippen molar-refractivity contribution in [2.75, 3.05) is 0 Å². The molecule has 0 N–H and O–H groups in total. The molecular formula is C33H20N2OS2. The summed E-state index contributed by atoms with van der Waals surface area (Å²) in [6.07, 6.45) is 12.1. The molecule has 0 saturated heterocycles. The van der Waals surface area contributed by atoms with E-state index in [2.05, 4.69) is 54.6 Å². The van der Waals surface area contributed by atoms with Crippen molar-refractivity contribution in [1.82, 2.24) is 0 Å². The van der Waals surface area contributed by atoms with Gasteiger partial charge in [0.05, 0.1) is 0 Å². The van der Waals surface area contributed by atoms with Crippen LogP contribution < -0.4 is 0 Å². The second kappa shape index (κ2) is 10.4. The van der Waals surface area contributed by atoms with E-state index in [9.17, 15) is 10.5 Å². The summed E-state index contributed by atoms with van der Waals surface area (Å²) in [6, 6.07) is 27.6. The fourth-order valence-electron chi connectivity index (χ4n) is 4.60. The van der Waals surface area contributed by atoms with Crippen molar-refractivity contribution in [3.05, 3.63) is 140 Å². The van der Waals surface area contributed by atoms with Crippen molar-refractivity contribution < 1.29 is 4.74 Å². The number of nitriles is 2. The van der Waals surface area contributed by atoms with Crippen LogP contribution in [-0.2, 0) is 11.2 Å². The molecule has 1 aliphatic heterocycles. The Kier molecular flexibility index (Phi) is 6.46. The zero-order chi connectivity index (χ0) is 25.9. The summed E-state index contributed by atoms with van der Waals surface area (Å²) in [6.45, 7) is 0. The Morgan fingerprint density at radius 2 is 1.53 bits per heavy atom. The van der Waals surface area contributed by atoms with Gasteiger partial charge in [0.1, 0.15) is 29.2 Å². The second-order valence-electron chi connectivity index (χ2n) is 8.84. The quantitative estimate of drug-likeness (QED) is 0.216. The first-order chi connectivity index (χ1) is 18.7. The molecule has 2 aromatic heterocycles.